The van der Waals surface area contributed by atoms with E-state index in [1.165, 1.54) is 12.1 Å². The molecular weight excluding hydrogens is 297 g/mol. The van der Waals surface area contributed by atoms with E-state index >= 15 is 0 Å². The van der Waals surface area contributed by atoms with Crippen LogP contribution in [0, 0.1) is 11.7 Å². The van der Waals surface area contributed by atoms with E-state index in [0.717, 1.165) is 18.9 Å². The molecule has 0 N–H and O–H groups in total. The first-order chi connectivity index (χ1) is 9.99. The zero-order chi connectivity index (χ0) is 15.4. The van der Waals surface area contributed by atoms with Crippen LogP contribution in [-0.2, 0) is 9.53 Å². The van der Waals surface area contributed by atoms with Crippen LogP contribution in [0.4, 0.5) is 4.39 Å². The van der Waals surface area contributed by atoms with Gasteiger partial charge >= 0.3 is 5.97 Å². The Morgan fingerprint density at radius 2 is 2.24 bits per heavy atom. The number of nitrogens with zero attached hydrogens (tertiary/aromatic N) is 1. The van der Waals surface area contributed by atoms with Crippen molar-refractivity contribution in [2.75, 3.05) is 19.7 Å². The fourth-order valence-electron chi connectivity index (χ4n) is 2.40. The van der Waals surface area contributed by atoms with Crippen LogP contribution in [0.2, 0.25) is 5.02 Å². The number of carbonyl (C=O) groups is 2. The summed E-state index contributed by atoms with van der Waals surface area (Å²) in [5, 5.41) is -0.0287. The van der Waals surface area contributed by atoms with Gasteiger partial charge in [-0.25, -0.2) is 9.18 Å². The first-order valence-corrected chi connectivity index (χ1v) is 7.25. The molecular formula is C15H17ClFNO3. The Labute approximate surface area is 127 Å². The Morgan fingerprint density at radius 3 is 2.90 bits per heavy atom. The summed E-state index contributed by atoms with van der Waals surface area (Å²) in [7, 11) is 0. The maximum absolute atomic E-state index is 13.6. The van der Waals surface area contributed by atoms with E-state index in [4.69, 9.17) is 16.3 Å². The van der Waals surface area contributed by atoms with Crippen LogP contribution in [-0.4, -0.2) is 36.5 Å². The SMILES string of the molecule is CC1CCCN(C(=O)COC(=O)c2c(F)cccc2Cl)C1. The quantitative estimate of drug-likeness (QED) is 0.806. The number of likely N-dealkylation sites (tertiary alicyclic amines) is 1. The van der Waals surface area contributed by atoms with Gasteiger partial charge in [0, 0.05) is 13.1 Å². The zero-order valence-electron chi connectivity index (χ0n) is 11.8. The number of rotatable bonds is 3. The van der Waals surface area contributed by atoms with Gasteiger partial charge in [0.05, 0.1) is 5.02 Å². The number of amides is 1. The molecule has 0 aromatic heterocycles. The van der Waals surface area contributed by atoms with E-state index < -0.39 is 18.4 Å². The second-order valence-corrected chi connectivity index (χ2v) is 5.67. The Kier molecular flexibility index (Phi) is 5.17. The Balaban J connectivity index is 1.93. The van der Waals surface area contributed by atoms with Gasteiger partial charge in [-0.2, -0.15) is 0 Å². The van der Waals surface area contributed by atoms with Gasteiger partial charge in [-0.05, 0) is 30.9 Å². The molecule has 1 amide bonds. The first-order valence-electron chi connectivity index (χ1n) is 6.88. The maximum atomic E-state index is 13.6. The molecule has 1 aliphatic heterocycles. The van der Waals surface area contributed by atoms with Gasteiger partial charge in [0.25, 0.3) is 5.91 Å². The van der Waals surface area contributed by atoms with Crippen LogP contribution in [0.5, 0.6) is 0 Å². The highest BCUT2D eigenvalue weighted by molar-refractivity contribution is 6.33. The third-order valence-corrected chi connectivity index (χ3v) is 3.82. The molecule has 4 nitrogen and oxygen atoms in total. The fraction of sp³-hybridized carbons (Fsp3) is 0.467. The Hall–Kier alpha value is -1.62. The molecule has 1 heterocycles. The number of esters is 1. The summed E-state index contributed by atoms with van der Waals surface area (Å²) >= 11 is 5.77. The summed E-state index contributed by atoms with van der Waals surface area (Å²) in [6.07, 6.45) is 2.04. The van der Waals surface area contributed by atoms with Crippen LogP contribution < -0.4 is 0 Å². The lowest BCUT2D eigenvalue weighted by Gasteiger charge is -2.30. The highest BCUT2D eigenvalue weighted by Gasteiger charge is 2.23. The lowest BCUT2D eigenvalue weighted by Crippen LogP contribution is -2.41. The minimum atomic E-state index is -0.920. The monoisotopic (exact) mass is 313 g/mol. The summed E-state index contributed by atoms with van der Waals surface area (Å²) in [5.41, 5.74) is -0.334. The van der Waals surface area contributed by atoms with E-state index in [-0.39, 0.29) is 16.5 Å². The van der Waals surface area contributed by atoms with Crippen molar-refractivity contribution >= 4 is 23.5 Å². The van der Waals surface area contributed by atoms with Crippen LogP contribution in [0.1, 0.15) is 30.1 Å². The van der Waals surface area contributed by atoms with Gasteiger partial charge < -0.3 is 9.64 Å². The van der Waals surface area contributed by atoms with Crippen molar-refractivity contribution in [1.29, 1.82) is 0 Å². The van der Waals surface area contributed by atoms with E-state index in [0.29, 0.717) is 19.0 Å². The second-order valence-electron chi connectivity index (χ2n) is 5.26. The van der Waals surface area contributed by atoms with Gasteiger partial charge in [0.1, 0.15) is 11.4 Å². The van der Waals surface area contributed by atoms with Crippen molar-refractivity contribution in [1.82, 2.24) is 4.90 Å². The molecule has 1 saturated heterocycles. The van der Waals surface area contributed by atoms with Crippen LogP contribution in [0.15, 0.2) is 18.2 Å². The summed E-state index contributed by atoms with van der Waals surface area (Å²) in [4.78, 5) is 25.5. The molecule has 1 atom stereocenters. The lowest BCUT2D eigenvalue weighted by molar-refractivity contribution is -0.136. The van der Waals surface area contributed by atoms with E-state index in [9.17, 15) is 14.0 Å². The van der Waals surface area contributed by atoms with Crippen molar-refractivity contribution < 1.29 is 18.7 Å². The van der Waals surface area contributed by atoms with E-state index in [1.54, 1.807) is 4.90 Å². The molecule has 21 heavy (non-hydrogen) atoms. The molecule has 0 spiro atoms. The molecule has 114 valence electrons. The second kappa shape index (κ2) is 6.89. The predicted octanol–water partition coefficient (Wildman–Crippen LogP) is 2.89. The Morgan fingerprint density at radius 1 is 1.48 bits per heavy atom. The van der Waals surface area contributed by atoms with E-state index in [2.05, 4.69) is 6.92 Å². The third-order valence-electron chi connectivity index (χ3n) is 3.50. The molecule has 0 radical (unpaired) electrons. The smallest absolute Gasteiger partial charge is 0.343 e. The average Bonchev–Trinajstić information content (AvgIpc) is 2.44. The standard InChI is InChI=1S/C15H17ClFNO3/c1-10-4-3-7-18(8-10)13(19)9-21-15(20)14-11(16)5-2-6-12(14)17/h2,5-6,10H,3-4,7-9H2,1H3. The van der Waals surface area contributed by atoms with Crippen LogP contribution in [0.3, 0.4) is 0 Å². The zero-order valence-corrected chi connectivity index (χ0v) is 12.5. The number of halogens is 2. The summed E-state index contributed by atoms with van der Waals surface area (Å²) in [5.74, 6) is -1.50. The molecule has 1 unspecified atom stereocenters. The summed E-state index contributed by atoms with van der Waals surface area (Å²) in [6, 6.07) is 3.92. The average molecular weight is 314 g/mol. The van der Waals surface area contributed by atoms with Crippen molar-refractivity contribution in [3.05, 3.63) is 34.6 Å². The van der Waals surface area contributed by atoms with Gasteiger partial charge in [0.2, 0.25) is 0 Å². The van der Waals surface area contributed by atoms with Crippen LogP contribution >= 0.6 is 11.6 Å². The number of hydrogen-bond donors (Lipinski definition) is 0. The Bertz CT molecular complexity index is 529. The summed E-state index contributed by atoms with van der Waals surface area (Å²) < 4.78 is 18.4. The van der Waals surface area contributed by atoms with Crippen molar-refractivity contribution in [3.8, 4) is 0 Å². The number of ether oxygens (including phenoxy) is 1. The normalized spacial score (nSPS) is 18.4. The molecule has 1 aliphatic rings. The maximum Gasteiger partial charge on any atom is 0.343 e. The molecule has 2 rings (SSSR count). The van der Waals surface area contributed by atoms with Gasteiger partial charge in [-0.1, -0.05) is 24.6 Å². The first kappa shape index (κ1) is 15.8. The van der Waals surface area contributed by atoms with Crippen molar-refractivity contribution in [2.24, 2.45) is 5.92 Å². The van der Waals surface area contributed by atoms with Gasteiger partial charge in [-0.3, -0.25) is 4.79 Å². The predicted molar refractivity (Wildman–Crippen MR) is 76.7 cm³/mol. The molecule has 6 heteroatoms. The van der Waals surface area contributed by atoms with Gasteiger partial charge in [-0.15, -0.1) is 0 Å². The number of hydrogen-bond acceptors (Lipinski definition) is 3. The topological polar surface area (TPSA) is 46.6 Å². The van der Waals surface area contributed by atoms with Gasteiger partial charge in [0.15, 0.2) is 6.61 Å². The molecule has 1 aromatic rings. The molecule has 1 fully saturated rings. The molecule has 0 aliphatic carbocycles. The molecule has 0 saturated carbocycles. The van der Waals surface area contributed by atoms with Crippen molar-refractivity contribution in [3.63, 3.8) is 0 Å². The molecule has 0 bridgehead atoms. The molecule has 1 aromatic carbocycles. The largest absolute Gasteiger partial charge is 0.452 e. The van der Waals surface area contributed by atoms with E-state index in [1.807, 2.05) is 0 Å². The van der Waals surface area contributed by atoms with Crippen molar-refractivity contribution in [2.45, 2.75) is 19.8 Å². The number of piperidine rings is 1. The van der Waals surface area contributed by atoms with Crippen LogP contribution in [0.25, 0.3) is 0 Å². The highest BCUT2D eigenvalue weighted by atomic mass is 35.5. The minimum Gasteiger partial charge on any atom is -0.452 e. The minimum absolute atomic E-state index is 0.0287. The number of carbonyl (C=O) groups excluding carboxylic acids is 2. The number of benzene rings is 1. The fourth-order valence-corrected chi connectivity index (χ4v) is 2.64. The lowest BCUT2D eigenvalue weighted by atomic mass is 10.0. The third kappa shape index (κ3) is 3.94. The summed E-state index contributed by atoms with van der Waals surface area (Å²) in [6.45, 7) is 3.01. The highest BCUT2D eigenvalue weighted by Crippen LogP contribution is 2.20.